The molecule has 2 heterocycles. The smallest absolute Gasteiger partial charge is 0.251 e. The van der Waals surface area contributed by atoms with Crippen molar-refractivity contribution in [2.24, 2.45) is 0 Å². The highest BCUT2D eigenvalue weighted by Gasteiger charge is 2.23. The molecule has 1 aliphatic rings. The van der Waals surface area contributed by atoms with Gasteiger partial charge in [0.25, 0.3) is 5.91 Å². The summed E-state index contributed by atoms with van der Waals surface area (Å²) in [6.45, 7) is 5.82. The summed E-state index contributed by atoms with van der Waals surface area (Å²) in [5.41, 5.74) is 4.63. The number of morpholine rings is 1. The fourth-order valence-corrected chi connectivity index (χ4v) is 3.87. The third-order valence-corrected chi connectivity index (χ3v) is 5.48. The summed E-state index contributed by atoms with van der Waals surface area (Å²) in [4.78, 5) is 15.1. The summed E-state index contributed by atoms with van der Waals surface area (Å²) in [5.74, 6) is -0.0877. The van der Waals surface area contributed by atoms with Gasteiger partial charge in [0.1, 0.15) is 11.0 Å². The minimum Gasteiger partial charge on any atom is -0.379 e. The predicted octanol–water partition coefficient (Wildman–Crippen LogP) is 2.80. The van der Waals surface area contributed by atoms with Gasteiger partial charge in [-0.3, -0.25) is 9.69 Å². The van der Waals surface area contributed by atoms with Gasteiger partial charge in [-0.2, -0.15) is 8.75 Å². The van der Waals surface area contributed by atoms with E-state index in [4.69, 9.17) is 4.74 Å². The van der Waals surface area contributed by atoms with Crippen LogP contribution in [0.1, 0.15) is 27.5 Å². The molecule has 0 spiro atoms. The van der Waals surface area contributed by atoms with Crippen LogP contribution in [0.3, 0.4) is 0 Å². The number of aromatic nitrogens is 2. The molecule has 1 amide bonds. The molecule has 1 unspecified atom stereocenters. The Morgan fingerprint density at radius 3 is 2.67 bits per heavy atom. The third-order valence-electron chi connectivity index (χ3n) is 4.92. The molecule has 2 aromatic carbocycles. The Kier molecular flexibility index (Phi) is 5.42. The zero-order valence-corrected chi connectivity index (χ0v) is 16.0. The third kappa shape index (κ3) is 4.16. The highest BCUT2D eigenvalue weighted by atomic mass is 32.1. The molecule has 1 fully saturated rings. The summed E-state index contributed by atoms with van der Waals surface area (Å²) >= 11 is 1.16. The van der Waals surface area contributed by atoms with Gasteiger partial charge in [0.15, 0.2) is 0 Å². The van der Waals surface area contributed by atoms with E-state index in [2.05, 4.69) is 50.2 Å². The molecule has 0 saturated carbocycles. The number of amides is 1. The number of hydrogen-bond donors (Lipinski definition) is 1. The van der Waals surface area contributed by atoms with Crippen molar-refractivity contribution in [2.75, 3.05) is 32.8 Å². The minimum atomic E-state index is -0.0877. The van der Waals surface area contributed by atoms with Crippen molar-refractivity contribution in [3.05, 3.63) is 59.2 Å². The van der Waals surface area contributed by atoms with Crippen LogP contribution in [-0.2, 0) is 4.74 Å². The van der Waals surface area contributed by atoms with Crippen molar-refractivity contribution in [1.29, 1.82) is 0 Å². The van der Waals surface area contributed by atoms with Crippen molar-refractivity contribution in [3.63, 3.8) is 0 Å². The number of carbonyl (C=O) groups is 1. The van der Waals surface area contributed by atoms with E-state index in [0.29, 0.717) is 12.1 Å². The molecule has 6 nitrogen and oxygen atoms in total. The first-order valence-electron chi connectivity index (χ1n) is 9.09. The number of benzene rings is 2. The number of rotatable bonds is 5. The summed E-state index contributed by atoms with van der Waals surface area (Å²) in [7, 11) is 0. The van der Waals surface area contributed by atoms with Gasteiger partial charge < -0.3 is 10.1 Å². The number of nitrogens with one attached hydrogen (secondary N) is 1. The van der Waals surface area contributed by atoms with Crippen molar-refractivity contribution < 1.29 is 9.53 Å². The number of carbonyl (C=O) groups excluding carboxylic acids is 1. The molecule has 4 rings (SSSR count). The van der Waals surface area contributed by atoms with Gasteiger partial charge in [-0.25, -0.2) is 0 Å². The van der Waals surface area contributed by atoms with Crippen LogP contribution in [0.4, 0.5) is 0 Å². The molecule has 1 saturated heterocycles. The van der Waals surface area contributed by atoms with E-state index in [1.807, 2.05) is 6.07 Å². The topological polar surface area (TPSA) is 67.4 Å². The minimum absolute atomic E-state index is 0.0877. The van der Waals surface area contributed by atoms with Gasteiger partial charge in [0, 0.05) is 25.2 Å². The second-order valence-electron chi connectivity index (χ2n) is 6.75. The van der Waals surface area contributed by atoms with E-state index in [1.54, 1.807) is 12.1 Å². The lowest BCUT2D eigenvalue weighted by atomic mass is 10.0. The van der Waals surface area contributed by atoms with Crippen molar-refractivity contribution >= 4 is 28.7 Å². The molecule has 0 bridgehead atoms. The SMILES string of the molecule is Cc1ccc(C(CNC(=O)c2ccc3nsnc3c2)N2CCOCC2)cc1. The average Bonchev–Trinajstić information content (AvgIpc) is 3.18. The van der Waals surface area contributed by atoms with Crippen LogP contribution in [0, 0.1) is 6.92 Å². The van der Waals surface area contributed by atoms with Gasteiger partial charge in [-0.05, 0) is 30.7 Å². The maximum absolute atomic E-state index is 12.7. The number of nitrogens with zero attached hydrogens (tertiary/aromatic N) is 3. The number of aryl methyl sites for hydroxylation is 1. The van der Waals surface area contributed by atoms with Crippen LogP contribution in [0.15, 0.2) is 42.5 Å². The van der Waals surface area contributed by atoms with E-state index < -0.39 is 0 Å². The Morgan fingerprint density at radius 1 is 1.15 bits per heavy atom. The largest absolute Gasteiger partial charge is 0.379 e. The maximum Gasteiger partial charge on any atom is 0.251 e. The Bertz CT molecular complexity index is 919. The monoisotopic (exact) mass is 382 g/mol. The molecule has 1 aliphatic heterocycles. The second kappa shape index (κ2) is 8.12. The van der Waals surface area contributed by atoms with Gasteiger partial charge in [0.2, 0.25) is 0 Å². The first-order valence-corrected chi connectivity index (χ1v) is 9.82. The van der Waals surface area contributed by atoms with E-state index >= 15 is 0 Å². The predicted molar refractivity (Wildman–Crippen MR) is 106 cm³/mol. The number of fused-ring (bicyclic) bond motifs is 1. The Hall–Kier alpha value is -2.35. The van der Waals surface area contributed by atoms with Crippen LogP contribution < -0.4 is 5.32 Å². The summed E-state index contributed by atoms with van der Waals surface area (Å²) in [6.07, 6.45) is 0. The molecule has 1 atom stereocenters. The van der Waals surface area contributed by atoms with E-state index in [0.717, 1.165) is 49.1 Å². The van der Waals surface area contributed by atoms with Crippen LogP contribution in [-0.4, -0.2) is 52.4 Å². The molecule has 1 N–H and O–H groups in total. The zero-order valence-electron chi connectivity index (χ0n) is 15.2. The Morgan fingerprint density at radius 2 is 1.89 bits per heavy atom. The van der Waals surface area contributed by atoms with Gasteiger partial charge in [-0.1, -0.05) is 29.8 Å². The molecule has 1 aromatic heterocycles. The van der Waals surface area contributed by atoms with Gasteiger partial charge >= 0.3 is 0 Å². The molecule has 27 heavy (non-hydrogen) atoms. The maximum atomic E-state index is 12.7. The molecule has 0 radical (unpaired) electrons. The lowest BCUT2D eigenvalue weighted by Crippen LogP contribution is -2.43. The van der Waals surface area contributed by atoms with Crippen molar-refractivity contribution in [2.45, 2.75) is 13.0 Å². The summed E-state index contributed by atoms with van der Waals surface area (Å²) in [6, 6.07) is 14.1. The van der Waals surface area contributed by atoms with E-state index in [9.17, 15) is 4.79 Å². The van der Waals surface area contributed by atoms with Crippen LogP contribution in [0.25, 0.3) is 11.0 Å². The van der Waals surface area contributed by atoms with Crippen LogP contribution >= 0.6 is 11.7 Å². The van der Waals surface area contributed by atoms with Gasteiger partial charge in [0.05, 0.1) is 31.0 Å². The highest BCUT2D eigenvalue weighted by Crippen LogP contribution is 2.22. The average molecular weight is 382 g/mol. The van der Waals surface area contributed by atoms with Crippen LogP contribution in [0.5, 0.6) is 0 Å². The molecule has 3 aromatic rings. The Labute approximate surface area is 162 Å². The molecular formula is C20H22N4O2S. The normalized spacial score (nSPS) is 16.3. The van der Waals surface area contributed by atoms with Crippen molar-refractivity contribution in [1.82, 2.24) is 19.0 Å². The van der Waals surface area contributed by atoms with Crippen molar-refractivity contribution in [3.8, 4) is 0 Å². The van der Waals surface area contributed by atoms with E-state index in [-0.39, 0.29) is 11.9 Å². The molecule has 0 aliphatic carbocycles. The first-order chi connectivity index (χ1) is 13.2. The summed E-state index contributed by atoms with van der Waals surface area (Å²) < 4.78 is 13.9. The molecule has 140 valence electrons. The standard InChI is InChI=1S/C20H22N4O2S/c1-14-2-4-15(5-3-14)19(24-8-10-26-11-9-24)13-21-20(25)16-6-7-17-18(12-16)23-27-22-17/h2-7,12,19H,8-11,13H2,1H3,(H,21,25). The van der Waals surface area contributed by atoms with Crippen LogP contribution in [0.2, 0.25) is 0 Å². The number of ether oxygens (including phenoxy) is 1. The quantitative estimate of drug-likeness (QED) is 0.735. The molecular weight excluding hydrogens is 360 g/mol. The zero-order chi connectivity index (χ0) is 18.6. The highest BCUT2D eigenvalue weighted by molar-refractivity contribution is 7.00. The fourth-order valence-electron chi connectivity index (χ4n) is 3.35. The van der Waals surface area contributed by atoms with E-state index in [1.165, 1.54) is 11.1 Å². The fraction of sp³-hybridized carbons (Fsp3) is 0.350. The first kappa shape index (κ1) is 18.0. The second-order valence-corrected chi connectivity index (χ2v) is 7.28. The lowest BCUT2D eigenvalue weighted by molar-refractivity contribution is 0.0162. The Balaban J connectivity index is 1.50. The summed E-state index contributed by atoms with van der Waals surface area (Å²) in [5, 5.41) is 3.10. The number of hydrogen-bond acceptors (Lipinski definition) is 6. The van der Waals surface area contributed by atoms with Gasteiger partial charge in [-0.15, -0.1) is 0 Å². The lowest BCUT2D eigenvalue weighted by Gasteiger charge is -2.35. The molecule has 7 heteroatoms.